The second-order valence-electron chi connectivity index (χ2n) is 7.55. The van der Waals surface area contributed by atoms with Crippen molar-refractivity contribution in [2.75, 3.05) is 39.5 Å². The summed E-state index contributed by atoms with van der Waals surface area (Å²) in [6, 6.07) is 19.6. The number of benzene rings is 2. The molecule has 0 bridgehead atoms. The van der Waals surface area contributed by atoms with Gasteiger partial charge in [0.25, 0.3) is 5.91 Å². The molecule has 2 aromatic heterocycles. The molecule has 31 heavy (non-hydrogen) atoms. The van der Waals surface area contributed by atoms with E-state index in [9.17, 15) is 4.79 Å². The van der Waals surface area contributed by atoms with Gasteiger partial charge in [-0.3, -0.25) is 14.3 Å². The van der Waals surface area contributed by atoms with Crippen LogP contribution < -0.4 is 10.6 Å². The average Bonchev–Trinajstić information content (AvgIpc) is 3.17. The molecule has 2 aromatic carbocycles. The van der Waals surface area contributed by atoms with Crippen molar-refractivity contribution in [1.82, 2.24) is 24.8 Å². The molecule has 0 atom stereocenters. The summed E-state index contributed by atoms with van der Waals surface area (Å²) in [4.78, 5) is 23.8. The molecule has 0 saturated heterocycles. The molecule has 0 aliphatic heterocycles. The molecule has 1 amide bonds. The molecule has 0 saturated carbocycles. The summed E-state index contributed by atoms with van der Waals surface area (Å²) in [5.74, 6) is 0.658. The van der Waals surface area contributed by atoms with Crippen molar-refractivity contribution in [2.24, 2.45) is 0 Å². The standard InChI is InChI=1S/C24H26N6O/c1-25-24-28-21-16-27-20(15-22(21)30(24)19-10-5-4-6-11-19)17-8-7-9-18(14-17)23(31)26-12-13-29(2)3/h4-11,14-16H,12-13H2,1-3H3,(H,25,28)(H,26,31). The summed E-state index contributed by atoms with van der Waals surface area (Å²) < 4.78 is 2.07. The molecular weight excluding hydrogens is 388 g/mol. The maximum Gasteiger partial charge on any atom is 0.251 e. The van der Waals surface area contributed by atoms with Gasteiger partial charge in [-0.05, 0) is 44.4 Å². The van der Waals surface area contributed by atoms with Gasteiger partial charge in [-0.1, -0.05) is 30.3 Å². The van der Waals surface area contributed by atoms with Gasteiger partial charge in [0.05, 0.1) is 17.4 Å². The minimum Gasteiger partial charge on any atom is -0.358 e. The Labute approximate surface area is 181 Å². The number of rotatable bonds is 7. The van der Waals surface area contributed by atoms with Gasteiger partial charge in [0.2, 0.25) is 5.95 Å². The van der Waals surface area contributed by atoms with Crippen LogP contribution in [0.4, 0.5) is 5.95 Å². The average molecular weight is 415 g/mol. The van der Waals surface area contributed by atoms with E-state index in [1.165, 1.54) is 0 Å². The van der Waals surface area contributed by atoms with Crippen LogP contribution in [0.15, 0.2) is 66.9 Å². The van der Waals surface area contributed by atoms with E-state index in [1.54, 1.807) is 6.20 Å². The Morgan fingerprint density at radius 2 is 1.87 bits per heavy atom. The third kappa shape index (κ3) is 4.41. The Morgan fingerprint density at radius 1 is 1.06 bits per heavy atom. The van der Waals surface area contributed by atoms with Crippen molar-refractivity contribution < 1.29 is 4.79 Å². The molecule has 0 spiro atoms. The maximum absolute atomic E-state index is 12.5. The number of pyridine rings is 1. The third-order valence-electron chi connectivity index (χ3n) is 5.04. The summed E-state index contributed by atoms with van der Waals surface area (Å²) in [5.41, 5.74) is 5.05. The molecule has 4 rings (SSSR count). The summed E-state index contributed by atoms with van der Waals surface area (Å²) in [6.07, 6.45) is 1.77. The van der Waals surface area contributed by atoms with Crippen molar-refractivity contribution in [2.45, 2.75) is 0 Å². The van der Waals surface area contributed by atoms with E-state index in [0.717, 1.165) is 40.5 Å². The number of hydrogen-bond donors (Lipinski definition) is 2. The van der Waals surface area contributed by atoms with Crippen molar-refractivity contribution in [3.8, 4) is 16.9 Å². The van der Waals surface area contributed by atoms with Gasteiger partial charge in [-0.25, -0.2) is 4.98 Å². The molecule has 0 aliphatic rings. The summed E-state index contributed by atoms with van der Waals surface area (Å²) >= 11 is 0. The number of nitrogens with one attached hydrogen (secondary N) is 2. The van der Waals surface area contributed by atoms with Crippen molar-refractivity contribution in [1.29, 1.82) is 0 Å². The molecule has 0 aliphatic carbocycles. The second-order valence-corrected chi connectivity index (χ2v) is 7.55. The highest BCUT2D eigenvalue weighted by atomic mass is 16.1. The quantitative estimate of drug-likeness (QED) is 0.485. The number of amides is 1. The second kappa shape index (κ2) is 8.97. The monoisotopic (exact) mass is 414 g/mol. The zero-order valence-corrected chi connectivity index (χ0v) is 18.0. The SMILES string of the molecule is CNc1nc2cnc(-c3cccc(C(=O)NCCN(C)C)c3)cc2n1-c1ccccc1. The van der Waals surface area contributed by atoms with Gasteiger partial charge in [-0.2, -0.15) is 0 Å². The molecule has 0 fully saturated rings. The fraction of sp³-hybridized carbons (Fsp3) is 0.208. The lowest BCUT2D eigenvalue weighted by molar-refractivity contribution is 0.0951. The first-order valence-electron chi connectivity index (χ1n) is 10.2. The topological polar surface area (TPSA) is 75.1 Å². The van der Waals surface area contributed by atoms with Crippen LogP contribution in [0.1, 0.15) is 10.4 Å². The van der Waals surface area contributed by atoms with E-state index in [4.69, 9.17) is 0 Å². The highest BCUT2D eigenvalue weighted by molar-refractivity contribution is 5.95. The summed E-state index contributed by atoms with van der Waals surface area (Å²) in [6.45, 7) is 1.39. The number of anilines is 1. The predicted molar refractivity (Wildman–Crippen MR) is 125 cm³/mol. The van der Waals surface area contributed by atoms with E-state index in [1.807, 2.05) is 86.7 Å². The lowest BCUT2D eigenvalue weighted by Crippen LogP contribution is -2.31. The molecule has 0 unspecified atom stereocenters. The maximum atomic E-state index is 12.5. The Morgan fingerprint density at radius 3 is 2.61 bits per heavy atom. The highest BCUT2D eigenvalue weighted by Crippen LogP contribution is 2.28. The zero-order valence-electron chi connectivity index (χ0n) is 18.0. The Kier molecular flexibility index (Phi) is 5.95. The molecular formula is C24H26N6O. The Bertz CT molecular complexity index is 1200. The van der Waals surface area contributed by atoms with Crippen molar-refractivity contribution in [3.63, 3.8) is 0 Å². The number of carbonyl (C=O) groups excluding carboxylic acids is 1. The summed E-state index contributed by atoms with van der Waals surface area (Å²) in [7, 11) is 5.82. The zero-order chi connectivity index (χ0) is 21.8. The van der Waals surface area contributed by atoms with E-state index >= 15 is 0 Å². The molecule has 7 heteroatoms. The van der Waals surface area contributed by atoms with E-state index in [-0.39, 0.29) is 5.91 Å². The van der Waals surface area contributed by atoms with Crippen LogP contribution in [0.3, 0.4) is 0 Å². The van der Waals surface area contributed by atoms with Gasteiger partial charge >= 0.3 is 0 Å². The van der Waals surface area contributed by atoms with Gasteiger partial charge in [-0.15, -0.1) is 0 Å². The first-order chi connectivity index (χ1) is 15.1. The normalized spacial score (nSPS) is 11.1. The van der Waals surface area contributed by atoms with Gasteiger partial charge < -0.3 is 15.5 Å². The van der Waals surface area contributed by atoms with Crippen molar-refractivity contribution in [3.05, 3.63) is 72.4 Å². The Hall–Kier alpha value is -3.71. The first-order valence-corrected chi connectivity index (χ1v) is 10.2. The van der Waals surface area contributed by atoms with Crippen LogP contribution in [0.2, 0.25) is 0 Å². The lowest BCUT2D eigenvalue weighted by atomic mass is 10.1. The molecule has 4 aromatic rings. The number of likely N-dealkylation sites (N-methyl/N-ethyl adjacent to an activating group) is 1. The molecule has 2 heterocycles. The number of hydrogen-bond acceptors (Lipinski definition) is 5. The Balaban J connectivity index is 1.70. The van der Waals surface area contributed by atoms with Crippen LogP contribution >= 0.6 is 0 Å². The fourth-order valence-electron chi connectivity index (χ4n) is 3.46. The van der Waals surface area contributed by atoms with E-state index in [2.05, 4.69) is 25.2 Å². The van der Waals surface area contributed by atoms with Crippen LogP contribution in [-0.2, 0) is 0 Å². The first kappa shape index (κ1) is 20.6. The largest absolute Gasteiger partial charge is 0.358 e. The van der Waals surface area contributed by atoms with Crippen LogP contribution in [0, 0.1) is 0 Å². The molecule has 0 radical (unpaired) electrons. The van der Waals surface area contributed by atoms with Crippen LogP contribution in [0.5, 0.6) is 0 Å². The lowest BCUT2D eigenvalue weighted by Gasteiger charge is -2.11. The molecule has 7 nitrogen and oxygen atoms in total. The van der Waals surface area contributed by atoms with Crippen LogP contribution in [0.25, 0.3) is 28.0 Å². The van der Waals surface area contributed by atoms with Gasteiger partial charge in [0, 0.05) is 37.0 Å². The smallest absolute Gasteiger partial charge is 0.251 e. The number of fused-ring (bicyclic) bond motifs is 1. The predicted octanol–water partition coefficient (Wildman–Crippen LogP) is 3.42. The van der Waals surface area contributed by atoms with E-state index < -0.39 is 0 Å². The fourth-order valence-corrected chi connectivity index (χ4v) is 3.46. The number of imidazole rings is 1. The number of nitrogens with zero attached hydrogens (tertiary/aromatic N) is 4. The van der Waals surface area contributed by atoms with Crippen molar-refractivity contribution >= 4 is 22.9 Å². The van der Waals surface area contributed by atoms with Crippen LogP contribution in [-0.4, -0.2) is 59.6 Å². The van der Waals surface area contributed by atoms with E-state index in [0.29, 0.717) is 12.1 Å². The number of carbonyl (C=O) groups is 1. The van der Waals surface area contributed by atoms with Gasteiger partial charge in [0.15, 0.2) is 0 Å². The summed E-state index contributed by atoms with van der Waals surface area (Å²) in [5, 5.41) is 6.12. The minimum absolute atomic E-state index is 0.0865. The highest BCUT2D eigenvalue weighted by Gasteiger charge is 2.14. The molecule has 2 N–H and O–H groups in total. The minimum atomic E-state index is -0.0865. The number of para-hydroxylation sites is 1. The molecule has 158 valence electrons. The third-order valence-corrected chi connectivity index (χ3v) is 5.04. The number of aromatic nitrogens is 3. The van der Waals surface area contributed by atoms with Gasteiger partial charge in [0.1, 0.15) is 5.52 Å².